The Morgan fingerprint density at radius 3 is 2.47 bits per heavy atom. The van der Waals surface area contributed by atoms with Gasteiger partial charge in [-0.3, -0.25) is 9.59 Å². The van der Waals surface area contributed by atoms with Gasteiger partial charge < -0.3 is 9.80 Å². The van der Waals surface area contributed by atoms with Gasteiger partial charge in [0.25, 0.3) is 0 Å². The van der Waals surface area contributed by atoms with E-state index in [4.69, 9.17) is 0 Å². The summed E-state index contributed by atoms with van der Waals surface area (Å²) in [5.41, 5.74) is 0.155. The van der Waals surface area contributed by atoms with Crippen molar-refractivity contribution in [3.8, 4) is 0 Å². The number of carbonyl (C=O) groups excluding carboxylic acids is 2. The van der Waals surface area contributed by atoms with Crippen LogP contribution in [0.15, 0.2) is 24.3 Å². The Hall–Kier alpha value is -1.91. The van der Waals surface area contributed by atoms with E-state index in [0.717, 1.165) is 25.9 Å². The Labute approximate surface area is 111 Å². The van der Waals surface area contributed by atoms with Crippen LogP contribution in [-0.4, -0.2) is 36.3 Å². The lowest BCUT2D eigenvalue weighted by molar-refractivity contribution is -0.130. The molecule has 4 nitrogen and oxygen atoms in total. The highest BCUT2D eigenvalue weighted by Crippen LogP contribution is 2.19. The number of anilines is 1. The van der Waals surface area contributed by atoms with Crippen molar-refractivity contribution < 1.29 is 14.0 Å². The first-order valence-corrected chi connectivity index (χ1v) is 6.40. The highest BCUT2D eigenvalue weighted by Gasteiger charge is 2.23. The maximum Gasteiger partial charge on any atom is 0.242 e. The third-order valence-electron chi connectivity index (χ3n) is 3.28. The lowest BCUT2D eigenvalue weighted by atomic mass is 10.2. The summed E-state index contributed by atoms with van der Waals surface area (Å²) < 4.78 is 13.7. The molecule has 1 saturated heterocycles. The second-order valence-corrected chi connectivity index (χ2v) is 4.64. The number of rotatable bonds is 3. The molecule has 0 N–H and O–H groups in total. The highest BCUT2D eigenvalue weighted by molar-refractivity contribution is 5.97. The molecule has 0 aromatic heterocycles. The molecule has 0 atom stereocenters. The molecule has 2 amide bonds. The van der Waals surface area contributed by atoms with Crippen molar-refractivity contribution in [2.24, 2.45) is 0 Å². The summed E-state index contributed by atoms with van der Waals surface area (Å²) in [7, 11) is 0. The van der Waals surface area contributed by atoms with Crippen molar-refractivity contribution in [1.82, 2.24) is 4.90 Å². The monoisotopic (exact) mass is 264 g/mol. The Balaban J connectivity index is 2.15. The third kappa shape index (κ3) is 3.10. The van der Waals surface area contributed by atoms with E-state index in [1.807, 2.05) is 0 Å². The average molecular weight is 264 g/mol. The van der Waals surface area contributed by atoms with E-state index in [1.54, 1.807) is 17.0 Å². The summed E-state index contributed by atoms with van der Waals surface area (Å²) in [5.74, 6) is -0.958. The number of carbonyl (C=O) groups is 2. The average Bonchev–Trinajstić information content (AvgIpc) is 2.90. The molecule has 0 bridgehead atoms. The normalized spacial score (nSPS) is 14.5. The standard InChI is InChI=1S/C14H17FN2O2/c1-11(18)17(13-7-3-2-6-12(13)15)10-14(19)16-8-4-5-9-16/h2-3,6-7H,4-5,8-10H2,1H3. The van der Waals surface area contributed by atoms with E-state index in [9.17, 15) is 14.0 Å². The zero-order valence-electron chi connectivity index (χ0n) is 10.9. The van der Waals surface area contributed by atoms with Gasteiger partial charge in [-0.2, -0.15) is 0 Å². The Bertz CT molecular complexity index is 484. The summed E-state index contributed by atoms with van der Waals surface area (Å²) in [6.07, 6.45) is 1.98. The van der Waals surface area contributed by atoms with E-state index in [0.29, 0.717) is 0 Å². The topological polar surface area (TPSA) is 40.6 Å². The maximum atomic E-state index is 13.7. The van der Waals surface area contributed by atoms with E-state index in [1.165, 1.54) is 24.0 Å². The molecule has 2 rings (SSSR count). The number of benzene rings is 1. The van der Waals surface area contributed by atoms with Crippen LogP contribution in [-0.2, 0) is 9.59 Å². The number of amides is 2. The zero-order chi connectivity index (χ0) is 13.8. The second kappa shape index (κ2) is 5.82. The molecule has 0 radical (unpaired) electrons. The third-order valence-corrected chi connectivity index (χ3v) is 3.28. The van der Waals surface area contributed by atoms with Gasteiger partial charge in [-0.05, 0) is 25.0 Å². The quantitative estimate of drug-likeness (QED) is 0.835. The molecule has 1 aliphatic rings. The fraction of sp³-hybridized carbons (Fsp3) is 0.429. The smallest absolute Gasteiger partial charge is 0.242 e. The molecule has 0 unspecified atom stereocenters. The van der Waals surface area contributed by atoms with Crippen molar-refractivity contribution in [3.05, 3.63) is 30.1 Å². The molecular weight excluding hydrogens is 247 g/mol. The fourth-order valence-electron chi connectivity index (χ4n) is 2.24. The van der Waals surface area contributed by atoms with Gasteiger partial charge in [-0.25, -0.2) is 4.39 Å². The zero-order valence-corrected chi connectivity index (χ0v) is 10.9. The molecule has 0 saturated carbocycles. The molecule has 1 aromatic carbocycles. The summed E-state index contributed by atoms with van der Waals surface area (Å²) in [6.45, 7) is 2.68. The largest absolute Gasteiger partial charge is 0.341 e. The summed E-state index contributed by atoms with van der Waals surface area (Å²) in [5, 5.41) is 0. The molecule has 1 aromatic rings. The van der Waals surface area contributed by atoms with Gasteiger partial charge in [0.2, 0.25) is 11.8 Å². The number of hydrogen-bond acceptors (Lipinski definition) is 2. The first-order valence-electron chi connectivity index (χ1n) is 6.40. The number of para-hydroxylation sites is 1. The minimum atomic E-state index is -0.494. The van der Waals surface area contributed by atoms with Crippen LogP contribution >= 0.6 is 0 Å². The van der Waals surface area contributed by atoms with Crippen molar-refractivity contribution in [2.45, 2.75) is 19.8 Å². The predicted octanol–water partition coefficient (Wildman–Crippen LogP) is 1.80. The van der Waals surface area contributed by atoms with E-state index in [-0.39, 0.29) is 24.0 Å². The SMILES string of the molecule is CC(=O)N(CC(=O)N1CCCC1)c1ccccc1F. The molecule has 1 heterocycles. The van der Waals surface area contributed by atoms with Crippen molar-refractivity contribution in [2.75, 3.05) is 24.5 Å². The number of hydrogen-bond donors (Lipinski definition) is 0. The molecule has 5 heteroatoms. The van der Waals surface area contributed by atoms with Gasteiger partial charge >= 0.3 is 0 Å². The molecule has 1 fully saturated rings. The lowest BCUT2D eigenvalue weighted by Crippen LogP contribution is -2.41. The molecule has 19 heavy (non-hydrogen) atoms. The number of likely N-dealkylation sites (tertiary alicyclic amines) is 1. The number of nitrogens with zero attached hydrogens (tertiary/aromatic N) is 2. The van der Waals surface area contributed by atoms with Crippen molar-refractivity contribution in [3.63, 3.8) is 0 Å². The Morgan fingerprint density at radius 2 is 1.89 bits per heavy atom. The second-order valence-electron chi connectivity index (χ2n) is 4.64. The van der Waals surface area contributed by atoms with Gasteiger partial charge in [0.1, 0.15) is 12.4 Å². The first-order chi connectivity index (χ1) is 9.09. The van der Waals surface area contributed by atoms with Crippen molar-refractivity contribution in [1.29, 1.82) is 0 Å². The maximum absolute atomic E-state index is 13.7. The summed E-state index contributed by atoms with van der Waals surface area (Å²) in [6, 6.07) is 5.99. The molecule has 102 valence electrons. The van der Waals surface area contributed by atoms with E-state index in [2.05, 4.69) is 0 Å². The van der Waals surface area contributed by atoms with Gasteiger partial charge in [0.15, 0.2) is 0 Å². The van der Waals surface area contributed by atoms with Crippen LogP contribution in [0.3, 0.4) is 0 Å². The Kier molecular flexibility index (Phi) is 4.14. The molecule has 0 aliphatic carbocycles. The van der Waals surface area contributed by atoms with Crippen LogP contribution in [0.5, 0.6) is 0 Å². The molecule has 1 aliphatic heterocycles. The number of halogens is 1. The van der Waals surface area contributed by atoms with Crippen LogP contribution < -0.4 is 4.90 Å². The highest BCUT2D eigenvalue weighted by atomic mass is 19.1. The summed E-state index contributed by atoms with van der Waals surface area (Å²) in [4.78, 5) is 26.6. The minimum absolute atomic E-state index is 0.101. The first kappa shape index (κ1) is 13.5. The van der Waals surface area contributed by atoms with Gasteiger partial charge in [0.05, 0.1) is 5.69 Å². The molecule has 0 spiro atoms. The Morgan fingerprint density at radius 1 is 1.26 bits per heavy atom. The predicted molar refractivity (Wildman–Crippen MR) is 70.2 cm³/mol. The van der Waals surface area contributed by atoms with Gasteiger partial charge in [-0.15, -0.1) is 0 Å². The van der Waals surface area contributed by atoms with Crippen LogP contribution in [0.2, 0.25) is 0 Å². The van der Waals surface area contributed by atoms with Crippen LogP contribution in [0.1, 0.15) is 19.8 Å². The van der Waals surface area contributed by atoms with Crippen LogP contribution in [0, 0.1) is 5.82 Å². The fourth-order valence-corrected chi connectivity index (χ4v) is 2.24. The van der Waals surface area contributed by atoms with Crippen molar-refractivity contribution >= 4 is 17.5 Å². The van der Waals surface area contributed by atoms with Crippen LogP contribution in [0.4, 0.5) is 10.1 Å². The minimum Gasteiger partial charge on any atom is -0.341 e. The summed E-state index contributed by atoms with van der Waals surface area (Å²) >= 11 is 0. The van der Waals surface area contributed by atoms with E-state index < -0.39 is 5.82 Å². The van der Waals surface area contributed by atoms with E-state index >= 15 is 0 Å². The van der Waals surface area contributed by atoms with Gasteiger partial charge in [0, 0.05) is 20.0 Å². The lowest BCUT2D eigenvalue weighted by Gasteiger charge is -2.24. The van der Waals surface area contributed by atoms with Crippen LogP contribution in [0.25, 0.3) is 0 Å². The molecular formula is C14H17FN2O2. The van der Waals surface area contributed by atoms with Gasteiger partial charge in [-0.1, -0.05) is 12.1 Å².